The van der Waals surface area contributed by atoms with E-state index < -0.39 is 11.9 Å². The molecule has 0 heterocycles. The van der Waals surface area contributed by atoms with Crippen LogP contribution in [0.5, 0.6) is 0 Å². The van der Waals surface area contributed by atoms with E-state index in [0.717, 1.165) is 0 Å². The van der Waals surface area contributed by atoms with Crippen molar-refractivity contribution in [3.05, 3.63) is 12.2 Å². The molecule has 0 aromatic heterocycles. The van der Waals surface area contributed by atoms with Crippen LogP contribution in [0.25, 0.3) is 0 Å². The summed E-state index contributed by atoms with van der Waals surface area (Å²) in [6.07, 6.45) is 1.12. The SMILES string of the molecule is Cl.O=C(O)C=CC(=O)O. The second-order valence-electron chi connectivity index (χ2n) is 1.01. The monoisotopic (exact) mass is 152 g/mol. The van der Waals surface area contributed by atoms with Crippen molar-refractivity contribution in [2.24, 2.45) is 0 Å². The molecule has 0 aliphatic rings. The molecule has 0 aliphatic heterocycles. The maximum Gasteiger partial charge on any atom is 0.328 e. The average Bonchev–Trinajstić information content (AvgIpc) is 1.61. The highest BCUT2D eigenvalue weighted by Gasteiger charge is 1.88. The molecule has 0 spiro atoms. The van der Waals surface area contributed by atoms with E-state index >= 15 is 0 Å². The van der Waals surface area contributed by atoms with Gasteiger partial charge >= 0.3 is 11.9 Å². The second kappa shape index (κ2) is 5.11. The zero-order valence-electron chi connectivity index (χ0n) is 4.27. The molecule has 0 unspecified atom stereocenters. The molecular formula is C4H5ClO4. The molecule has 0 radical (unpaired) electrons. The molecule has 0 amide bonds. The lowest BCUT2D eigenvalue weighted by Crippen LogP contribution is -1.91. The number of hydrogen-bond donors (Lipinski definition) is 2. The van der Waals surface area contributed by atoms with Gasteiger partial charge in [-0.3, -0.25) is 0 Å². The smallest absolute Gasteiger partial charge is 0.328 e. The van der Waals surface area contributed by atoms with Gasteiger partial charge in [-0.05, 0) is 0 Å². The highest BCUT2D eigenvalue weighted by atomic mass is 35.5. The Balaban J connectivity index is 0. The van der Waals surface area contributed by atoms with Crippen molar-refractivity contribution in [1.29, 1.82) is 0 Å². The number of carboxylic acid groups (broad SMARTS) is 2. The lowest BCUT2D eigenvalue weighted by molar-refractivity contribution is -0.134. The molecule has 9 heavy (non-hydrogen) atoms. The first-order chi connectivity index (χ1) is 3.63. The third kappa shape index (κ3) is 10.9. The molecule has 0 bridgehead atoms. The van der Waals surface area contributed by atoms with E-state index in [0.29, 0.717) is 12.2 Å². The van der Waals surface area contributed by atoms with Gasteiger partial charge in [0.15, 0.2) is 0 Å². The lowest BCUT2D eigenvalue weighted by atomic mass is 10.5. The van der Waals surface area contributed by atoms with Gasteiger partial charge in [-0.25, -0.2) is 9.59 Å². The summed E-state index contributed by atoms with van der Waals surface area (Å²) in [4.78, 5) is 19.1. The Kier molecular flexibility index (Phi) is 6.17. The third-order valence-corrected chi connectivity index (χ3v) is 0.368. The van der Waals surface area contributed by atoms with Gasteiger partial charge in [0.2, 0.25) is 0 Å². The van der Waals surface area contributed by atoms with Crippen molar-refractivity contribution in [3.8, 4) is 0 Å². The summed E-state index contributed by atoms with van der Waals surface area (Å²) in [7, 11) is 0. The highest BCUT2D eigenvalue weighted by Crippen LogP contribution is 1.70. The minimum absolute atomic E-state index is 0. The van der Waals surface area contributed by atoms with E-state index in [1.54, 1.807) is 0 Å². The normalized spacial score (nSPS) is 8.44. The average molecular weight is 153 g/mol. The van der Waals surface area contributed by atoms with Crippen molar-refractivity contribution in [1.82, 2.24) is 0 Å². The molecule has 52 valence electrons. The number of carbonyl (C=O) groups is 2. The van der Waals surface area contributed by atoms with Crippen LogP contribution in [0.1, 0.15) is 0 Å². The molecule has 0 atom stereocenters. The van der Waals surface area contributed by atoms with Crippen LogP contribution >= 0.6 is 12.4 Å². The molecule has 0 aromatic rings. The van der Waals surface area contributed by atoms with Gasteiger partial charge < -0.3 is 10.2 Å². The zero-order valence-corrected chi connectivity index (χ0v) is 5.09. The Morgan fingerprint density at radius 3 is 1.33 bits per heavy atom. The summed E-state index contributed by atoms with van der Waals surface area (Å²) >= 11 is 0. The molecule has 0 saturated heterocycles. The van der Waals surface area contributed by atoms with Crippen molar-refractivity contribution in [3.63, 3.8) is 0 Å². The maximum absolute atomic E-state index is 9.55. The van der Waals surface area contributed by atoms with E-state index in [4.69, 9.17) is 10.2 Å². The van der Waals surface area contributed by atoms with Crippen LogP contribution < -0.4 is 0 Å². The molecule has 5 heteroatoms. The van der Waals surface area contributed by atoms with Crippen molar-refractivity contribution in [2.45, 2.75) is 0 Å². The molecule has 0 fully saturated rings. The van der Waals surface area contributed by atoms with Crippen molar-refractivity contribution in [2.75, 3.05) is 0 Å². The zero-order chi connectivity index (χ0) is 6.57. The first-order valence-electron chi connectivity index (χ1n) is 1.77. The number of carboxylic acids is 2. The Hall–Kier alpha value is -1.03. The van der Waals surface area contributed by atoms with E-state index in [9.17, 15) is 9.59 Å². The standard InChI is InChI=1S/C4H4O4.ClH/c5-3(6)1-2-4(7)8;/h1-2H,(H,5,6)(H,7,8);1H. The molecule has 0 aliphatic carbocycles. The first-order valence-corrected chi connectivity index (χ1v) is 1.77. The fraction of sp³-hybridized carbons (Fsp3) is 0. The van der Waals surface area contributed by atoms with Gasteiger partial charge in [0.25, 0.3) is 0 Å². The summed E-state index contributed by atoms with van der Waals surface area (Å²) in [5, 5.41) is 15.6. The van der Waals surface area contributed by atoms with Crippen LogP contribution in [0.3, 0.4) is 0 Å². The van der Waals surface area contributed by atoms with Gasteiger partial charge in [-0.1, -0.05) is 0 Å². The largest absolute Gasteiger partial charge is 0.478 e. The van der Waals surface area contributed by atoms with Crippen LogP contribution in [-0.2, 0) is 9.59 Å². The van der Waals surface area contributed by atoms with Crippen LogP contribution in [0.2, 0.25) is 0 Å². The van der Waals surface area contributed by atoms with Gasteiger partial charge in [-0.15, -0.1) is 12.4 Å². The van der Waals surface area contributed by atoms with E-state index in [1.165, 1.54) is 0 Å². The van der Waals surface area contributed by atoms with E-state index in [-0.39, 0.29) is 12.4 Å². The summed E-state index contributed by atoms with van der Waals surface area (Å²) in [6, 6.07) is 0. The van der Waals surface area contributed by atoms with Gasteiger partial charge in [0, 0.05) is 12.2 Å². The Labute approximate surface area is 57.2 Å². The Morgan fingerprint density at radius 1 is 1.00 bits per heavy atom. The fourth-order valence-electron chi connectivity index (χ4n) is 0.143. The predicted molar refractivity (Wildman–Crippen MR) is 31.7 cm³/mol. The molecule has 2 N–H and O–H groups in total. The summed E-state index contributed by atoms with van der Waals surface area (Å²) in [5.41, 5.74) is 0. The number of halogens is 1. The molecule has 4 nitrogen and oxygen atoms in total. The van der Waals surface area contributed by atoms with Gasteiger partial charge in [0.1, 0.15) is 0 Å². The number of aliphatic carboxylic acids is 2. The van der Waals surface area contributed by atoms with Crippen LogP contribution in [-0.4, -0.2) is 22.2 Å². The summed E-state index contributed by atoms with van der Waals surface area (Å²) in [6.45, 7) is 0. The van der Waals surface area contributed by atoms with Crippen molar-refractivity contribution >= 4 is 24.3 Å². The minimum Gasteiger partial charge on any atom is -0.478 e. The number of rotatable bonds is 2. The Morgan fingerprint density at radius 2 is 1.22 bits per heavy atom. The minimum atomic E-state index is -1.26. The van der Waals surface area contributed by atoms with Crippen LogP contribution in [0, 0.1) is 0 Å². The molecule has 0 saturated carbocycles. The fourth-order valence-corrected chi connectivity index (χ4v) is 0.143. The molecule has 0 rings (SSSR count). The second-order valence-corrected chi connectivity index (χ2v) is 1.01. The predicted octanol–water partition coefficient (Wildman–Crippen LogP) is 0.134. The third-order valence-electron chi connectivity index (χ3n) is 0.368. The molecule has 0 aromatic carbocycles. The molecular weight excluding hydrogens is 147 g/mol. The first kappa shape index (κ1) is 10.9. The number of hydrogen-bond acceptors (Lipinski definition) is 2. The quantitative estimate of drug-likeness (QED) is 0.552. The summed E-state index contributed by atoms with van der Waals surface area (Å²) in [5.74, 6) is -2.51. The van der Waals surface area contributed by atoms with Crippen LogP contribution in [0.15, 0.2) is 12.2 Å². The lowest BCUT2D eigenvalue weighted by Gasteiger charge is -1.74. The maximum atomic E-state index is 9.55. The van der Waals surface area contributed by atoms with Gasteiger partial charge in [0.05, 0.1) is 0 Å². The highest BCUT2D eigenvalue weighted by molar-refractivity contribution is 5.89. The van der Waals surface area contributed by atoms with Gasteiger partial charge in [-0.2, -0.15) is 0 Å². The Bertz CT molecular complexity index is 124. The van der Waals surface area contributed by atoms with Crippen LogP contribution in [0.4, 0.5) is 0 Å². The van der Waals surface area contributed by atoms with E-state index in [2.05, 4.69) is 0 Å². The topological polar surface area (TPSA) is 74.6 Å². The van der Waals surface area contributed by atoms with E-state index in [1.807, 2.05) is 0 Å². The summed E-state index contributed by atoms with van der Waals surface area (Å²) < 4.78 is 0. The van der Waals surface area contributed by atoms with Crippen molar-refractivity contribution < 1.29 is 19.8 Å².